The van der Waals surface area contributed by atoms with Crippen LogP contribution in [-0.4, -0.2) is 37.0 Å². The van der Waals surface area contributed by atoms with Crippen LogP contribution >= 0.6 is 23.2 Å². The maximum Gasteiger partial charge on any atom is 0.218 e. The highest BCUT2D eigenvalue weighted by molar-refractivity contribution is 7.88. The lowest BCUT2D eigenvalue weighted by molar-refractivity contribution is 0.108. The van der Waals surface area contributed by atoms with Crippen LogP contribution in [-0.2, 0) is 15.8 Å². The molecule has 1 atom stereocenters. The number of aliphatic hydroxyl groups is 1. The zero-order chi connectivity index (χ0) is 14.0. The second-order valence-electron chi connectivity index (χ2n) is 4.61. The fourth-order valence-electron chi connectivity index (χ4n) is 2.12. The standard InChI is InChI=1S/C12H15Cl2NO3S/c13-11-4-1-5-12(14)10(11)8-19(17,18)15-6-2-3-9(16)7-15/h1,4-5,9,16H,2-3,6-8H2/t9-/m0/s1. The van der Waals surface area contributed by atoms with E-state index in [0.717, 1.165) is 0 Å². The molecule has 0 saturated carbocycles. The largest absolute Gasteiger partial charge is 0.392 e. The van der Waals surface area contributed by atoms with Crippen LogP contribution in [0.1, 0.15) is 18.4 Å². The van der Waals surface area contributed by atoms with Crippen LogP contribution in [0.5, 0.6) is 0 Å². The van der Waals surface area contributed by atoms with Crippen LogP contribution < -0.4 is 0 Å². The highest BCUT2D eigenvalue weighted by atomic mass is 35.5. The van der Waals surface area contributed by atoms with E-state index in [0.29, 0.717) is 35.0 Å². The van der Waals surface area contributed by atoms with Gasteiger partial charge in [0, 0.05) is 28.7 Å². The highest BCUT2D eigenvalue weighted by Gasteiger charge is 2.29. The SMILES string of the molecule is O=S(=O)(Cc1c(Cl)cccc1Cl)N1CCC[C@H](O)C1. The monoisotopic (exact) mass is 323 g/mol. The molecule has 7 heteroatoms. The second-order valence-corrected chi connectivity index (χ2v) is 7.39. The Bertz CT molecular complexity index is 542. The molecule has 0 radical (unpaired) electrons. The van der Waals surface area contributed by atoms with E-state index in [1.807, 2.05) is 0 Å². The van der Waals surface area contributed by atoms with Crippen molar-refractivity contribution >= 4 is 33.2 Å². The minimum atomic E-state index is -3.51. The normalized spacial score (nSPS) is 21.5. The first kappa shape index (κ1) is 15.1. The van der Waals surface area contributed by atoms with Gasteiger partial charge in [0.25, 0.3) is 0 Å². The van der Waals surface area contributed by atoms with E-state index in [9.17, 15) is 13.5 Å². The minimum Gasteiger partial charge on any atom is -0.392 e. The quantitative estimate of drug-likeness (QED) is 0.928. The lowest BCUT2D eigenvalue weighted by Crippen LogP contribution is -2.42. The number of β-amino-alcohol motifs (C(OH)–C–C–N with tert-alkyl or cyclic N) is 1. The van der Waals surface area contributed by atoms with Crippen LogP contribution in [0.25, 0.3) is 0 Å². The maximum absolute atomic E-state index is 12.3. The fraction of sp³-hybridized carbons (Fsp3) is 0.500. The van der Waals surface area contributed by atoms with Crippen LogP contribution in [0.4, 0.5) is 0 Å². The van der Waals surface area contributed by atoms with E-state index in [4.69, 9.17) is 23.2 Å². The number of rotatable bonds is 3. The van der Waals surface area contributed by atoms with Gasteiger partial charge >= 0.3 is 0 Å². The third-order valence-corrected chi connectivity index (χ3v) is 5.62. The van der Waals surface area contributed by atoms with E-state index in [-0.39, 0.29) is 12.3 Å². The Hall–Kier alpha value is -0.330. The molecule has 2 rings (SSSR count). The molecular weight excluding hydrogens is 309 g/mol. The first-order valence-electron chi connectivity index (χ1n) is 5.99. The summed E-state index contributed by atoms with van der Waals surface area (Å²) < 4.78 is 25.9. The van der Waals surface area contributed by atoms with Gasteiger partial charge in [-0.2, -0.15) is 4.31 Å². The smallest absolute Gasteiger partial charge is 0.218 e. The van der Waals surface area contributed by atoms with Crippen molar-refractivity contribution in [2.75, 3.05) is 13.1 Å². The average molecular weight is 324 g/mol. The Kier molecular flexibility index (Phi) is 4.74. The molecule has 1 aromatic carbocycles. The lowest BCUT2D eigenvalue weighted by atomic mass is 10.1. The molecule has 1 aromatic rings. The van der Waals surface area contributed by atoms with Crippen LogP contribution in [0, 0.1) is 0 Å². The summed E-state index contributed by atoms with van der Waals surface area (Å²) in [6, 6.07) is 4.90. The maximum atomic E-state index is 12.3. The molecule has 1 saturated heterocycles. The van der Waals surface area contributed by atoms with Crippen molar-refractivity contribution in [2.45, 2.75) is 24.7 Å². The second kappa shape index (κ2) is 5.97. The fourth-order valence-corrected chi connectivity index (χ4v) is 4.47. The molecule has 0 aliphatic carbocycles. The third kappa shape index (κ3) is 3.61. The van der Waals surface area contributed by atoms with Gasteiger partial charge in [0.1, 0.15) is 0 Å². The summed E-state index contributed by atoms with van der Waals surface area (Å²) >= 11 is 12.0. The summed E-state index contributed by atoms with van der Waals surface area (Å²) in [5.74, 6) is -0.238. The van der Waals surface area contributed by atoms with Gasteiger partial charge in [-0.05, 0) is 25.0 Å². The number of aliphatic hydroxyl groups excluding tert-OH is 1. The molecule has 0 bridgehead atoms. The van der Waals surface area contributed by atoms with Crippen molar-refractivity contribution in [3.05, 3.63) is 33.8 Å². The molecule has 1 aliphatic heterocycles. The van der Waals surface area contributed by atoms with Gasteiger partial charge < -0.3 is 5.11 Å². The van der Waals surface area contributed by atoms with E-state index < -0.39 is 16.1 Å². The summed E-state index contributed by atoms with van der Waals surface area (Å²) in [4.78, 5) is 0. The summed E-state index contributed by atoms with van der Waals surface area (Å²) in [7, 11) is -3.51. The minimum absolute atomic E-state index is 0.143. The predicted octanol–water partition coefficient (Wildman–Crippen LogP) is 2.28. The van der Waals surface area contributed by atoms with Gasteiger partial charge in [-0.15, -0.1) is 0 Å². The number of nitrogens with zero attached hydrogens (tertiary/aromatic N) is 1. The molecule has 1 heterocycles. The van der Waals surface area contributed by atoms with Gasteiger partial charge in [-0.3, -0.25) is 0 Å². The van der Waals surface area contributed by atoms with Crippen LogP contribution in [0.3, 0.4) is 0 Å². The van der Waals surface area contributed by atoms with Crippen molar-refractivity contribution in [3.8, 4) is 0 Å². The summed E-state index contributed by atoms with van der Waals surface area (Å²) in [5.41, 5.74) is 0.408. The predicted molar refractivity (Wildman–Crippen MR) is 75.9 cm³/mol. The van der Waals surface area contributed by atoms with Gasteiger partial charge in [-0.25, -0.2) is 8.42 Å². The highest BCUT2D eigenvalue weighted by Crippen LogP contribution is 2.28. The Labute approximate surface area is 123 Å². The summed E-state index contributed by atoms with van der Waals surface area (Å²) in [6.45, 7) is 0.575. The Morgan fingerprint density at radius 1 is 1.32 bits per heavy atom. The van der Waals surface area contributed by atoms with Gasteiger partial charge in [0.2, 0.25) is 10.0 Å². The molecule has 0 aromatic heterocycles. The molecule has 19 heavy (non-hydrogen) atoms. The first-order chi connectivity index (χ1) is 8.90. The van der Waals surface area contributed by atoms with Crippen LogP contribution in [0.2, 0.25) is 10.0 Å². The summed E-state index contributed by atoms with van der Waals surface area (Å²) in [5, 5.41) is 10.2. The number of halogens is 2. The van der Waals surface area contributed by atoms with E-state index in [1.54, 1.807) is 18.2 Å². The molecule has 4 nitrogen and oxygen atoms in total. The molecule has 0 spiro atoms. The summed E-state index contributed by atoms with van der Waals surface area (Å²) in [6.07, 6.45) is 0.709. The molecule has 1 aliphatic rings. The van der Waals surface area contributed by atoms with Gasteiger partial charge in [0.05, 0.1) is 11.9 Å². The topological polar surface area (TPSA) is 57.6 Å². The van der Waals surface area contributed by atoms with E-state index in [2.05, 4.69) is 0 Å². The number of piperidine rings is 1. The number of hydrogen-bond acceptors (Lipinski definition) is 3. The first-order valence-corrected chi connectivity index (χ1v) is 8.35. The van der Waals surface area contributed by atoms with Crippen molar-refractivity contribution < 1.29 is 13.5 Å². The average Bonchev–Trinajstić information content (AvgIpc) is 2.34. The Morgan fingerprint density at radius 3 is 2.53 bits per heavy atom. The van der Waals surface area contributed by atoms with Crippen molar-refractivity contribution in [2.24, 2.45) is 0 Å². The molecule has 0 unspecified atom stereocenters. The Balaban J connectivity index is 2.21. The zero-order valence-electron chi connectivity index (χ0n) is 10.2. The molecular formula is C12H15Cl2NO3S. The van der Waals surface area contributed by atoms with Crippen molar-refractivity contribution in [1.82, 2.24) is 4.31 Å². The van der Waals surface area contributed by atoms with Gasteiger partial charge in [-0.1, -0.05) is 29.3 Å². The van der Waals surface area contributed by atoms with E-state index >= 15 is 0 Å². The van der Waals surface area contributed by atoms with Gasteiger partial charge in [0.15, 0.2) is 0 Å². The third-order valence-electron chi connectivity index (χ3n) is 3.14. The van der Waals surface area contributed by atoms with Crippen molar-refractivity contribution in [3.63, 3.8) is 0 Å². The van der Waals surface area contributed by atoms with E-state index in [1.165, 1.54) is 4.31 Å². The molecule has 0 amide bonds. The Morgan fingerprint density at radius 2 is 1.95 bits per heavy atom. The lowest BCUT2D eigenvalue weighted by Gasteiger charge is -2.29. The molecule has 1 N–H and O–H groups in total. The number of sulfonamides is 1. The van der Waals surface area contributed by atoms with Crippen molar-refractivity contribution in [1.29, 1.82) is 0 Å². The number of hydrogen-bond donors (Lipinski definition) is 1. The molecule has 1 fully saturated rings. The molecule has 106 valence electrons. The van der Waals surface area contributed by atoms with Crippen LogP contribution in [0.15, 0.2) is 18.2 Å². The zero-order valence-corrected chi connectivity index (χ0v) is 12.5. The number of benzene rings is 1.